The molecule has 1 aromatic carbocycles. The van der Waals surface area contributed by atoms with Gasteiger partial charge in [-0.15, -0.1) is 17.0 Å². The summed E-state index contributed by atoms with van der Waals surface area (Å²) in [6, 6.07) is 8.37. The molecule has 4 heteroatoms. The Kier molecular flexibility index (Phi) is 5.87. The summed E-state index contributed by atoms with van der Waals surface area (Å²) in [4.78, 5) is 14.1. The van der Waals surface area contributed by atoms with Crippen molar-refractivity contribution in [2.24, 2.45) is 0 Å². The van der Waals surface area contributed by atoms with Gasteiger partial charge in [0.1, 0.15) is 5.78 Å². The van der Waals surface area contributed by atoms with Gasteiger partial charge < -0.3 is 0 Å². The standard InChI is InChI=1S/C17H22ClNO.BrH/c18-15-6-4-14(5-7-15)17(10-2-1-3-11-17)19-12-8-16(20)9-13-19;/h4-7H,1-3,8-13H2;1H. The normalized spacial score (nSPS) is 22.6. The number of likely N-dealkylation sites (tertiary alicyclic amines) is 1. The Hall–Kier alpha value is -0.380. The van der Waals surface area contributed by atoms with Gasteiger partial charge in [0, 0.05) is 36.5 Å². The van der Waals surface area contributed by atoms with Gasteiger partial charge in [-0.05, 0) is 30.5 Å². The minimum absolute atomic E-state index is 0. The smallest absolute Gasteiger partial charge is 0.135 e. The lowest BCUT2D eigenvalue weighted by molar-refractivity contribution is -0.123. The second-order valence-electron chi connectivity index (χ2n) is 6.12. The van der Waals surface area contributed by atoms with E-state index in [0.717, 1.165) is 31.0 Å². The van der Waals surface area contributed by atoms with Crippen LogP contribution in [0.15, 0.2) is 24.3 Å². The van der Waals surface area contributed by atoms with Crippen molar-refractivity contribution < 1.29 is 4.79 Å². The van der Waals surface area contributed by atoms with Crippen LogP contribution in [0.5, 0.6) is 0 Å². The largest absolute Gasteiger partial charge is 0.300 e. The highest BCUT2D eigenvalue weighted by molar-refractivity contribution is 8.93. The maximum Gasteiger partial charge on any atom is 0.135 e. The fraction of sp³-hybridized carbons (Fsp3) is 0.588. The maximum atomic E-state index is 11.5. The quantitative estimate of drug-likeness (QED) is 0.747. The zero-order valence-electron chi connectivity index (χ0n) is 12.3. The number of rotatable bonds is 2. The van der Waals surface area contributed by atoms with Gasteiger partial charge >= 0.3 is 0 Å². The lowest BCUT2D eigenvalue weighted by Crippen LogP contribution is -2.51. The van der Waals surface area contributed by atoms with Gasteiger partial charge in [0.25, 0.3) is 0 Å². The predicted molar refractivity (Wildman–Crippen MR) is 92.4 cm³/mol. The molecule has 0 radical (unpaired) electrons. The van der Waals surface area contributed by atoms with Gasteiger partial charge in [-0.2, -0.15) is 0 Å². The summed E-state index contributed by atoms with van der Waals surface area (Å²) in [5.41, 5.74) is 1.53. The van der Waals surface area contributed by atoms with Crippen LogP contribution in [0.2, 0.25) is 5.02 Å². The van der Waals surface area contributed by atoms with E-state index in [0.29, 0.717) is 5.78 Å². The number of piperidine rings is 1. The molecule has 2 fully saturated rings. The molecule has 2 aliphatic rings. The van der Waals surface area contributed by atoms with Crippen molar-refractivity contribution >= 4 is 34.4 Å². The Balaban J connectivity index is 0.00000161. The second kappa shape index (κ2) is 7.26. The summed E-state index contributed by atoms with van der Waals surface area (Å²) in [5.74, 6) is 0.420. The average Bonchev–Trinajstić information content (AvgIpc) is 2.49. The van der Waals surface area contributed by atoms with Crippen LogP contribution >= 0.6 is 28.6 Å². The lowest BCUT2D eigenvalue weighted by Gasteiger charge is -2.48. The maximum absolute atomic E-state index is 11.5. The van der Waals surface area contributed by atoms with Crippen LogP contribution in [0, 0.1) is 0 Å². The van der Waals surface area contributed by atoms with Crippen molar-refractivity contribution in [1.82, 2.24) is 4.90 Å². The van der Waals surface area contributed by atoms with Crippen LogP contribution < -0.4 is 0 Å². The lowest BCUT2D eigenvalue weighted by atomic mass is 9.74. The third kappa shape index (κ3) is 3.52. The molecule has 0 amide bonds. The molecule has 3 rings (SSSR count). The van der Waals surface area contributed by atoms with E-state index in [1.54, 1.807) is 0 Å². The molecule has 0 unspecified atom stereocenters. The first-order valence-electron chi connectivity index (χ1n) is 7.73. The van der Waals surface area contributed by atoms with Crippen molar-refractivity contribution in [3.05, 3.63) is 34.9 Å². The van der Waals surface area contributed by atoms with E-state index in [2.05, 4.69) is 17.0 Å². The van der Waals surface area contributed by atoms with Gasteiger partial charge in [0.2, 0.25) is 0 Å². The third-order valence-electron chi connectivity index (χ3n) is 4.99. The molecule has 1 saturated carbocycles. The molecule has 0 aromatic heterocycles. The van der Waals surface area contributed by atoms with Gasteiger partial charge in [-0.1, -0.05) is 43.0 Å². The fourth-order valence-electron chi connectivity index (χ4n) is 3.87. The van der Waals surface area contributed by atoms with Crippen LogP contribution in [0.25, 0.3) is 0 Å². The monoisotopic (exact) mass is 371 g/mol. The molecular weight excluding hydrogens is 350 g/mol. The minimum Gasteiger partial charge on any atom is -0.300 e. The van der Waals surface area contributed by atoms with E-state index in [-0.39, 0.29) is 22.5 Å². The molecule has 116 valence electrons. The van der Waals surface area contributed by atoms with Crippen LogP contribution in [0.4, 0.5) is 0 Å². The first-order valence-corrected chi connectivity index (χ1v) is 8.11. The number of nitrogens with zero attached hydrogens (tertiary/aromatic N) is 1. The minimum atomic E-state index is 0. The van der Waals surface area contributed by atoms with Gasteiger partial charge in [0.05, 0.1) is 0 Å². The number of Topliss-reactive ketones (excluding diaryl/α,β-unsaturated/α-hetero) is 1. The van der Waals surface area contributed by atoms with Gasteiger partial charge in [-0.3, -0.25) is 9.69 Å². The SMILES string of the molecule is Br.O=C1CCN(C2(c3ccc(Cl)cc3)CCCCC2)CC1. The molecule has 0 bridgehead atoms. The molecule has 1 heterocycles. The van der Waals surface area contributed by atoms with E-state index < -0.39 is 0 Å². The predicted octanol–water partition coefficient (Wildman–Crippen LogP) is 4.74. The first-order chi connectivity index (χ1) is 9.71. The molecule has 1 aliphatic heterocycles. The van der Waals surface area contributed by atoms with E-state index in [9.17, 15) is 4.79 Å². The number of halogens is 2. The van der Waals surface area contributed by atoms with Crippen LogP contribution in [-0.4, -0.2) is 23.8 Å². The highest BCUT2D eigenvalue weighted by Crippen LogP contribution is 2.43. The number of carbonyl (C=O) groups excluding carboxylic acids is 1. The Morgan fingerprint density at radius 3 is 2.10 bits per heavy atom. The molecule has 2 nitrogen and oxygen atoms in total. The first kappa shape index (κ1) is 17.0. The molecule has 21 heavy (non-hydrogen) atoms. The van der Waals surface area contributed by atoms with Crippen molar-refractivity contribution in [2.45, 2.75) is 50.5 Å². The fourth-order valence-corrected chi connectivity index (χ4v) is 3.99. The molecule has 0 spiro atoms. The highest BCUT2D eigenvalue weighted by Gasteiger charge is 2.40. The Morgan fingerprint density at radius 2 is 1.52 bits per heavy atom. The van der Waals surface area contributed by atoms with E-state index in [1.165, 1.54) is 37.7 Å². The number of benzene rings is 1. The average molecular weight is 373 g/mol. The summed E-state index contributed by atoms with van der Waals surface area (Å²) >= 11 is 6.04. The zero-order chi connectivity index (χ0) is 14.0. The zero-order valence-corrected chi connectivity index (χ0v) is 14.8. The molecule has 1 saturated heterocycles. The van der Waals surface area contributed by atoms with E-state index in [1.807, 2.05) is 12.1 Å². The highest BCUT2D eigenvalue weighted by atomic mass is 79.9. The van der Waals surface area contributed by atoms with Crippen molar-refractivity contribution in [3.8, 4) is 0 Å². The summed E-state index contributed by atoms with van der Waals surface area (Å²) in [6.45, 7) is 1.84. The number of carbonyl (C=O) groups is 1. The Labute approximate surface area is 142 Å². The third-order valence-corrected chi connectivity index (χ3v) is 5.24. The molecule has 1 aromatic rings. The van der Waals surface area contributed by atoms with Crippen molar-refractivity contribution in [3.63, 3.8) is 0 Å². The van der Waals surface area contributed by atoms with Crippen molar-refractivity contribution in [1.29, 1.82) is 0 Å². The van der Waals surface area contributed by atoms with Gasteiger partial charge in [-0.25, -0.2) is 0 Å². The van der Waals surface area contributed by atoms with Crippen LogP contribution in [-0.2, 0) is 10.3 Å². The van der Waals surface area contributed by atoms with Crippen LogP contribution in [0.1, 0.15) is 50.5 Å². The van der Waals surface area contributed by atoms with E-state index >= 15 is 0 Å². The number of hydrogen-bond donors (Lipinski definition) is 0. The second-order valence-corrected chi connectivity index (χ2v) is 6.56. The molecular formula is C17H23BrClNO. The van der Waals surface area contributed by atoms with Gasteiger partial charge in [0.15, 0.2) is 0 Å². The molecule has 0 N–H and O–H groups in total. The Bertz CT molecular complexity index is 472. The summed E-state index contributed by atoms with van der Waals surface area (Å²) in [6.07, 6.45) is 7.76. The summed E-state index contributed by atoms with van der Waals surface area (Å²) in [5, 5.41) is 0.800. The summed E-state index contributed by atoms with van der Waals surface area (Å²) < 4.78 is 0. The summed E-state index contributed by atoms with van der Waals surface area (Å²) in [7, 11) is 0. The van der Waals surface area contributed by atoms with E-state index in [4.69, 9.17) is 11.6 Å². The van der Waals surface area contributed by atoms with Crippen LogP contribution in [0.3, 0.4) is 0 Å². The molecule has 0 atom stereocenters. The number of ketones is 1. The Morgan fingerprint density at radius 1 is 0.952 bits per heavy atom. The molecule has 1 aliphatic carbocycles. The number of hydrogen-bond acceptors (Lipinski definition) is 2. The van der Waals surface area contributed by atoms with Crippen molar-refractivity contribution in [2.75, 3.05) is 13.1 Å². The topological polar surface area (TPSA) is 20.3 Å².